The second kappa shape index (κ2) is 7.16. The molecule has 0 heterocycles. The number of rotatable bonds is 5. The van der Waals surface area contributed by atoms with Crippen LogP contribution in [0.2, 0.25) is 0 Å². The van der Waals surface area contributed by atoms with E-state index in [0.29, 0.717) is 6.42 Å². The zero-order chi connectivity index (χ0) is 8.91. The molecule has 0 aliphatic rings. The van der Waals surface area contributed by atoms with Crippen LogP contribution in [0, 0.1) is 0 Å². The Morgan fingerprint density at radius 3 is 2.33 bits per heavy atom. The molecule has 2 N–H and O–H groups in total. The summed E-state index contributed by atoms with van der Waals surface area (Å²) in [5.41, 5.74) is 4.77. The maximum atomic E-state index is 10.1. The van der Waals surface area contributed by atoms with E-state index >= 15 is 0 Å². The van der Waals surface area contributed by atoms with Crippen molar-refractivity contribution in [3.8, 4) is 0 Å². The molecule has 0 saturated carbocycles. The summed E-state index contributed by atoms with van der Waals surface area (Å²) in [4.78, 5) is 10.1. The molecule has 0 radical (unpaired) electrons. The van der Waals surface area contributed by atoms with Crippen molar-refractivity contribution >= 4 is 25.9 Å². The average molecular weight is 221 g/mol. The van der Waals surface area contributed by atoms with Crippen molar-refractivity contribution in [1.29, 1.82) is 0 Å². The summed E-state index contributed by atoms with van der Waals surface area (Å²) in [5, 5.41) is 0. The monoisotopic (exact) mass is 221 g/mol. The smallest absolute Gasteiger partial charge is 0.739 e. The molecule has 0 rings (SSSR count). The van der Waals surface area contributed by atoms with E-state index in [9.17, 15) is 17.8 Å². The van der Waals surface area contributed by atoms with E-state index < -0.39 is 15.1 Å². The van der Waals surface area contributed by atoms with Gasteiger partial charge in [-0.1, -0.05) is 0 Å². The second-order valence-electron chi connectivity index (χ2n) is 1.80. The van der Waals surface area contributed by atoms with Crippen LogP contribution < -0.4 is 35.3 Å². The van der Waals surface area contributed by atoms with E-state index in [1.54, 1.807) is 0 Å². The molecular weight excluding hydrogens is 213 g/mol. The fraction of sp³-hybridized carbons (Fsp3) is 0.750. The number of primary amides is 1. The number of carbonyl (C=O) groups is 1. The first kappa shape index (κ1) is 15.2. The Kier molecular flexibility index (Phi) is 9.08. The molecule has 5 nitrogen and oxygen atoms in total. The van der Waals surface area contributed by atoms with Crippen LogP contribution in [0.4, 0.5) is 0 Å². The first-order chi connectivity index (χ1) is 4.92. The molecule has 0 atom stereocenters. The molecule has 0 aromatic rings. The topological polar surface area (TPSA) is 100 Å². The van der Waals surface area contributed by atoms with Crippen molar-refractivity contribution in [3.05, 3.63) is 0 Å². The summed E-state index contributed by atoms with van der Waals surface area (Å²) in [6, 6.07) is 0. The standard InChI is InChI=1S/C4H9NO4S2.Na/c5-4(6)2-1-3-10-11(7,8)9;/h1-3H2,(H2,5,6)(H,7,8,9);/q;+1/p-1. The van der Waals surface area contributed by atoms with Crippen LogP contribution in [0.1, 0.15) is 12.8 Å². The van der Waals surface area contributed by atoms with Crippen LogP contribution in [-0.2, 0) is 13.9 Å². The van der Waals surface area contributed by atoms with Crippen LogP contribution >= 0.6 is 10.8 Å². The van der Waals surface area contributed by atoms with Crippen molar-refractivity contribution < 1.29 is 47.3 Å². The molecule has 0 saturated heterocycles. The Labute approximate surface area is 96.9 Å². The van der Waals surface area contributed by atoms with E-state index in [-0.39, 0.29) is 52.5 Å². The van der Waals surface area contributed by atoms with Gasteiger partial charge in [0.25, 0.3) is 0 Å². The van der Waals surface area contributed by atoms with Gasteiger partial charge < -0.3 is 10.3 Å². The zero-order valence-corrected chi connectivity index (χ0v) is 10.3. The minimum atomic E-state index is -4.21. The summed E-state index contributed by atoms with van der Waals surface area (Å²) in [6.45, 7) is 0. The first-order valence-corrected chi connectivity index (χ1v) is 5.71. The molecule has 0 bridgehead atoms. The minimum absolute atomic E-state index is 0. The van der Waals surface area contributed by atoms with Gasteiger partial charge in [0.1, 0.15) is 9.15 Å². The average Bonchev–Trinajstić information content (AvgIpc) is 1.78. The molecule has 0 spiro atoms. The quantitative estimate of drug-likeness (QED) is 0.224. The molecule has 0 aromatic heterocycles. The van der Waals surface area contributed by atoms with E-state index in [1.807, 2.05) is 0 Å². The van der Waals surface area contributed by atoms with Gasteiger partial charge in [0.15, 0.2) is 0 Å². The Balaban J connectivity index is 0. The van der Waals surface area contributed by atoms with E-state index in [1.165, 1.54) is 0 Å². The van der Waals surface area contributed by atoms with Crippen LogP contribution in [0.15, 0.2) is 0 Å². The SMILES string of the molecule is NC(=O)CCCSS(=O)(=O)[O-].[Na+]. The van der Waals surface area contributed by atoms with Crippen molar-refractivity contribution in [2.24, 2.45) is 5.73 Å². The molecule has 0 aliphatic carbocycles. The fourth-order valence-corrected chi connectivity index (χ4v) is 1.84. The van der Waals surface area contributed by atoms with Crippen LogP contribution in [0.3, 0.4) is 0 Å². The van der Waals surface area contributed by atoms with E-state index in [2.05, 4.69) is 0 Å². The minimum Gasteiger partial charge on any atom is -0.739 e. The number of nitrogens with two attached hydrogens (primary N) is 1. The van der Waals surface area contributed by atoms with E-state index in [4.69, 9.17) is 5.73 Å². The predicted octanol–water partition coefficient (Wildman–Crippen LogP) is -3.55. The largest absolute Gasteiger partial charge is 1.00 e. The van der Waals surface area contributed by atoms with Crippen molar-refractivity contribution in [3.63, 3.8) is 0 Å². The van der Waals surface area contributed by atoms with Gasteiger partial charge in [-0.2, -0.15) is 0 Å². The van der Waals surface area contributed by atoms with Gasteiger partial charge in [0.2, 0.25) is 5.91 Å². The maximum absolute atomic E-state index is 10.1. The molecule has 0 fully saturated rings. The predicted molar refractivity (Wildman–Crippen MR) is 40.6 cm³/mol. The molecule has 8 heteroatoms. The van der Waals surface area contributed by atoms with E-state index in [0.717, 1.165) is 0 Å². The van der Waals surface area contributed by atoms with Gasteiger partial charge in [-0.3, -0.25) is 4.79 Å². The maximum Gasteiger partial charge on any atom is 1.00 e. The van der Waals surface area contributed by atoms with Crippen LogP contribution in [-0.4, -0.2) is 24.6 Å². The third-order valence-electron chi connectivity index (χ3n) is 0.795. The Morgan fingerprint density at radius 1 is 1.50 bits per heavy atom. The number of hydrogen-bond acceptors (Lipinski definition) is 5. The van der Waals surface area contributed by atoms with Gasteiger partial charge in [-0.05, 0) is 17.2 Å². The Hall–Kier alpha value is 0.730. The molecule has 0 aromatic carbocycles. The van der Waals surface area contributed by atoms with Gasteiger partial charge >= 0.3 is 29.6 Å². The normalized spacial score (nSPS) is 10.4. The van der Waals surface area contributed by atoms with Gasteiger partial charge in [-0.25, -0.2) is 8.42 Å². The summed E-state index contributed by atoms with van der Waals surface area (Å²) in [5.74, 6) is -0.372. The summed E-state index contributed by atoms with van der Waals surface area (Å²) in [7, 11) is -3.92. The third-order valence-corrected chi connectivity index (χ3v) is 2.91. The third kappa shape index (κ3) is 13.3. The summed E-state index contributed by atoms with van der Waals surface area (Å²) >= 11 is 0. The van der Waals surface area contributed by atoms with Gasteiger partial charge in [0, 0.05) is 12.2 Å². The molecule has 0 aliphatic heterocycles. The number of carbonyl (C=O) groups excluding carboxylic acids is 1. The summed E-state index contributed by atoms with van der Waals surface area (Å²) < 4.78 is 29.9. The molecule has 66 valence electrons. The second-order valence-corrected chi connectivity index (χ2v) is 5.19. The number of hydrogen-bond donors (Lipinski definition) is 1. The Bertz CT molecular complexity index is 227. The van der Waals surface area contributed by atoms with Crippen LogP contribution in [0.25, 0.3) is 0 Å². The molecular formula is C4H8NNaO4S2. The molecule has 12 heavy (non-hydrogen) atoms. The Morgan fingerprint density at radius 2 is 2.00 bits per heavy atom. The van der Waals surface area contributed by atoms with Crippen molar-refractivity contribution in [2.75, 3.05) is 5.75 Å². The van der Waals surface area contributed by atoms with Gasteiger partial charge in [0.05, 0.1) is 0 Å². The fourth-order valence-electron chi connectivity index (χ4n) is 0.407. The zero-order valence-electron chi connectivity index (χ0n) is 6.65. The van der Waals surface area contributed by atoms with Crippen molar-refractivity contribution in [1.82, 2.24) is 0 Å². The van der Waals surface area contributed by atoms with Crippen molar-refractivity contribution in [2.45, 2.75) is 12.8 Å². The summed E-state index contributed by atoms with van der Waals surface area (Å²) in [6.07, 6.45) is 0.435. The number of amides is 1. The first-order valence-electron chi connectivity index (χ1n) is 2.80. The molecule has 1 amide bonds. The van der Waals surface area contributed by atoms with Crippen LogP contribution in [0.5, 0.6) is 0 Å². The van der Waals surface area contributed by atoms with Gasteiger partial charge in [-0.15, -0.1) is 0 Å². The molecule has 0 unspecified atom stereocenters.